The molecule has 0 rings (SSSR count). The van der Waals surface area contributed by atoms with Crippen LogP contribution >= 0.6 is 0 Å². The number of hydrogen-bond donors (Lipinski definition) is 1. The van der Waals surface area contributed by atoms with Crippen molar-refractivity contribution in [1.29, 1.82) is 0 Å². The summed E-state index contributed by atoms with van der Waals surface area (Å²) in [4.78, 5) is 0. The maximum absolute atomic E-state index is 5.12. The number of hydrogen-bond acceptors (Lipinski definition) is 1. The largest absolute Gasteiger partial charge is 0.326 e. The van der Waals surface area contributed by atoms with Gasteiger partial charge in [0, 0.05) is 6.54 Å². The summed E-state index contributed by atoms with van der Waals surface area (Å²) in [6, 6.07) is 0. The molecule has 0 aliphatic carbocycles. The highest BCUT2D eigenvalue weighted by Gasteiger charge is 1.90. The molecule has 0 aromatic rings. The Kier molecular flexibility index (Phi) is 3.14. The molecule has 0 saturated heterocycles. The fourth-order valence-corrected chi connectivity index (χ4v) is 0.118. The molecule has 0 saturated carbocycles. The van der Waals surface area contributed by atoms with Crippen LogP contribution < -0.4 is 5.73 Å². The Morgan fingerprint density at radius 1 is 1.83 bits per heavy atom. The van der Waals surface area contributed by atoms with Gasteiger partial charge < -0.3 is 5.73 Å². The Balaban J connectivity index is 2.75. The fourth-order valence-electron chi connectivity index (χ4n) is 0.118. The molecule has 2 N–H and O–H groups in total. The van der Waals surface area contributed by atoms with Crippen LogP contribution in [0.3, 0.4) is 0 Å². The van der Waals surface area contributed by atoms with Gasteiger partial charge in [0.2, 0.25) is 0 Å². The fraction of sp³-hybridized carbons (Fsp3) is 0.600. The van der Waals surface area contributed by atoms with E-state index in [0.29, 0.717) is 0 Å². The summed E-state index contributed by atoms with van der Waals surface area (Å²) in [5, 5.41) is 0. The second kappa shape index (κ2) is 3.16. The van der Waals surface area contributed by atoms with Crippen molar-refractivity contribution < 1.29 is 0 Å². The Labute approximate surface area is 39.5 Å². The third kappa shape index (κ3) is 2.21. The van der Waals surface area contributed by atoms with E-state index in [9.17, 15) is 0 Å². The van der Waals surface area contributed by atoms with Crippen LogP contribution in [0.15, 0.2) is 0 Å². The highest BCUT2D eigenvalue weighted by atomic mass is 14.5. The van der Waals surface area contributed by atoms with Crippen LogP contribution in [0.5, 0.6) is 0 Å². The van der Waals surface area contributed by atoms with E-state index >= 15 is 0 Å². The third-order valence-corrected chi connectivity index (χ3v) is 0.842. The molecule has 0 amide bonds. The molecule has 0 heterocycles. The van der Waals surface area contributed by atoms with Crippen molar-refractivity contribution in [2.75, 3.05) is 0 Å². The van der Waals surface area contributed by atoms with Crippen LogP contribution in [0, 0.1) is 12.5 Å². The molecule has 0 aliphatic heterocycles. The van der Waals surface area contributed by atoms with Crippen molar-refractivity contribution in [3.05, 3.63) is 12.5 Å². The highest BCUT2D eigenvalue weighted by Crippen LogP contribution is 2.01. The van der Waals surface area contributed by atoms with Gasteiger partial charge in [-0.05, 0) is 12.3 Å². The Hall–Kier alpha value is -0.0400. The van der Waals surface area contributed by atoms with Crippen LogP contribution in [0.25, 0.3) is 0 Å². The van der Waals surface area contributed by atoms with E-state index in [1.807, 2.05) is 6.92 Å². The predicted molar refractivity (Wildman–Crippen MR) is 27.7 cm³/mol. The van der Waals surface area contributed by atoms with E-state index in [-0.39, 0.29) is 0 Å². The van der Waals surface area contributed by atoms with Gasteiger partial charge in [0.25, 0.3) is 0 Å². The average molecular weight is 85.1 g/mol. The third-order valence-electron chi connectivity index (χ3n) is 0.842. The van der Waals surface area contributed by atoms with Crippen molar-refractivity contribution in [3.8, 4) is 0 Å². The topological polar surface area (TPSA) is 26.0 Å². The van der Waals surface area contributed by atoms with Gasteiger partial charge in [0.1, 0.15) is 0 Å². The molecule has 0 fully saturated rings. The van der Waals surface area contributed by atoms with E-state index in [1.165, 1.54) is 5.92 Å². The normalized spacial score (nSPS) is 10.0. The van der Waals surface area contributed by atoms with Crippen LogP contribution in [-0.4, -0.2) is 0 Å². The Morgan fingerprint density at radius 2 is 2.33 bits per heavy atom. The molecule has 36 valence electrons. The summed E-state index contributed by atoms with van der Waals surface area (Å²) >= 11 is 0. The molecule has 0 aliphatic rings. The maximum Gasteiger partial charge on any atom is 0.0258 e. The molecule has 1 heteroatoms. The molecule has 0 aromatic heterocycles. The minimum absolute atomic E-state index is 1.07. The van der Waals surface area contributed by atoms with Crippen molar-refractivity contribution in [2.24, 2.45) is 5.73 Å². The Bertz CT molecular complexity index is 23.1. The average Bonchev–Trinajstić information content (AvgIpc) is 1.65. The molecule has 0 unspecified atom stereocenters. The zero-order valence-electron chi connectivity index (χ0n) is 4.36. The summed E-state index contributed by atoms with van der Waals surface area (Å²) in [5.41, 5.74) is 5.12. The molecule has 0 spiro atoms. The molecular formula is C5H11N. The zero-order valence-corrected chi connectivity index (χ0v) is 4.36. The van der Waals surface area contributed by atoms with Gasteiger partial charge in [-0.25, -0.2) is 0 Å². The van der Waals surface area contributed by atoms with Crippen LogP contribution in [-0.2, 0) is 0 Å². The zero-order chi connectivity index (χ0) is 4.99. The van der Waals surface area contributed by atoms with Gasteiger partial charge >= 0.3 is 0 Å². The van der Waals surface area contributed by atoms with Crippen molar-refractivity contribution >= 4 is 0 Å². The lowest BCUT2D eigenvalue weighted by molar-refractivity contribution is 0.923. The van der Waals surface area contributed by atoms with Crippen molar-refractivity contribution in [3.63, 3.8) is 0 Å². The van der Waals surface area contributed by atoms with Gasteiger partial charge in [0.15, 0.2) is 0 Å². The van der Waals surface area contributed by atoms with Gasteiger partial charge in [0.05, 0.1) is 0 Å². The van der Waals surface area contributed by atoms with Gasteiger partial charge in [-0.15, -0.1) is 0 Å². The number of rotatable bonds is 2. The minimum atomic E-state index is 1.07. The lowest BCUT2D eigenvalue weighted by Crippen LogP contribution is -1.98. The van der Waals surface area contributed by atoms with Gasteiger partial charge in [-0.1, -0.05) is 13.8 Å². The van der Waals surface area contributed by atoms with Gasteiger partial charge in [-0.2, -0.15) is 0 Å². The highest BCUT2D eigenvalue weighted by molar-refractivity contribution is 4.92. The quantitative estimate of drug-likeness (QED) is 0.534. The molecule has 1 nitrogen and oxygen atoms in total. The molecule has 2 radical (unpaired) electrons. The van der Waals surface area contributed by atoms with Crippen LogP contribution in [0.2, 0.25) is 0 Å². The molecule has 0 atom stereocenters. The summed E-state index contributed by atoms with van der Waals surface area (Å²) in [6.07, 6.45) is 1.07. The van der Waals surface area contributed by atoms with E-state index in [1.54, 1.807) is 6.54 Å². The maximum atomic E-state index is 5.12. The summed E-state index contributed by atoms with van der Waals surface area (Å²) < 4.78 is 0. The number of nitrogens with two attached hydrogens (primary N) is 1. The van der Waals surface area contributed by atoms with E-state index in [4.69, 9.17) is 5.73 Å². The van der Waals surface area contributed by atoms with Gasteiger partial charge in [-0.3, -0.25) is 0 Å². The summed E-state index contributed by atoms with van der Waals surface area (Å²) in [5.74, 6) is 1.25. The first-order chi connectivity index (χ1) is 2.81. The standard InChI is InChI=1S/C5H11N/c1-3-5(2)4-6/h4H,3,6H2,1-2H3. The first-order valence-corrected chi connectivity index (χ1v) is 2.18. The first kappa shape index (κ1) is 5.96. The predicted octanol–water partition coefficient (Wildman–Crippen LogP) is 1.11. The van der Waals surface area contributed by atoms with Crippen LogP contribution in [0.4, 0.5) is 0 Å². The molecule has 0 bridgehead atoms. The Morgan fingerprint density at radius 3 is 2.33 bits per heavy atom. The SMILES string of the molecule is CC[C](C)[CH]N. The molecular weight excluding hydrogens is 74.1 g/mol. The van der Waals surface area contributed by atoms with Crippen molar-refractivity contribution in [1.82, 2.24) is 0 Å². The monoisotopic (exact) mass is 85.1 g/mol. The van der Waals surface area contributed by atoms with E-state index in [2.05, 4.69) is 6.92 Å². The van der Waals surface area contributed by atoms with Crippen molar-refractivity contribution in [2.45, 2.75) is 20.3 Å². The lowest BCUT2D eigenvalue weighted by atomic mass is 10.1. The molecule has 6 heavy (non-hydrogen) atoms. The minimum Gasteiger partial charge on any atom is -0.326 e. The molecule has 0 aromatic carbocycles. The lowest BCUT2D eigenvalue weighted by Gasteiger charge is -1.97. The first-order valence-electron chi connectivity index (χ1n) is 2.18. The summed E-state index contributed by atoms with van der Waals surface area (Å²) in [6.45, 7) is 5.73. The van der Waals surface area contributed by atoms with E-state index in [0.717, 1.165) is 6.42 Å². The van der Waals surface area contributed by atoms with Crippen LogP contribution in [0.1, 0.15) is 20.3 Å². The second-order valence-corrected chi connectivity index (χ2v) is 1.37. The second-order valence-electron chi connectivity index (χ2n) is 1.37. The smallest absolute Gasteiger partial charge is 0.0258 e. The van der Waals surface area contributed by atoms with E-state index < -0.39 is 0 Å². The summed E-state index contributed by atoms with van der Waals surface area (Å²) in [7, 11) is 0.